The van der Waals surface area contributed by atoms with Crippen molar-refractivity contribution in [2.75, 3.05) is 6.61 Å². The fraction of sp³-hybridized carbons (Fsp3) is 0.333. The van der Waals surface area contributed by atoms with E-state index in [0.29, 0.717) is 0 Å². The Morgan fingerprint density at radius 3 is 2.94 bits per heavy atom. The van der Waals surface area contributed by atoms with E-state index >= 15 is 0 Å². The molecule has 1 rings (SSSR count). The molecule has 0 aliphatic rings. The molecule has 0 unspecified atom stereocenters. The maximum atomic E-state index is 12.7. The van der Waals surface area contributed by atoms with Crippen molar-refractivity contribution in [3.05, 3.63) is 33.9 Å². The smallest absolute Gasteiger partial charge is 0.312 e. The standard InChI is InChI=1S/C9H9FN2O4/c1-2-16-9(13)4-7-8(12(14)15)3-6(10)5-11-7/h3,5H,2,4H2,1H3. The van der Waals surface area contributed by atoms with E-state index in [-0.39, 0.29) is 18.7 Å². The van der Waals surface area contributed by atoms with Crippen molar-refractivity contribution in [3.8, 4) is 0 Å². The van der Waals surface area contributed by atoms with Gasteiger partial charge in [0.25, 0.3) is 5.69 Å². The molecule has 86 valence electrons. The highest BCUT2D eigenvalue weighted by atomic mass is 19.1. The van der Waals surface area contributed by atoms with Gasteiger partial charge in [-0.05, 0) is 6.92 Å². The molecular weight excluding hydrogens is 219 g/mol. The Morgan fingerprint density at radius 2 is 2.38 bits per heavy atom. The third kappa shape index (κ3) is 2.97. The third-order valence-corrected chi connectivity index (χ3v) is 1.73. The number of esters is 1. The van der Waals surface area contributed by atoms with Crippen molar-refractivity contribution in [1.82, 2.24) is 4.98 Å². The molecule has 0 radical (unpaired) electrons. The molecule has 0 atom stereocenters. The topological polar surface area (TPSA) is 82.3 Å². The van der Waals surface area contributed by atoms with Crippen LogP contribution in [0.2, 0.25) is 0 Å². The van der Waals surface area contributed by atoms with Crippen LogP contribution in [0, 0.1) is 15.9 Å². The summed E-state index contributed by atoms with van der Waals surface area (Å²) in [6.45, 7) is 1.79. The number of aromatic nitrogens is 1. The maximum absolute atomic E-state index is 12.7. The van der Waals surface area contributed by atoms with E-state index < -0.39 is 22.4 Å². The van der Waals surface area contributed by atoms with E-state index in [4.69, 9.17) is 0 Å². The molecule has 16 heavy (non-hydrogen) atoms. The van der Waals surface area contributed by atoms with Gasteiger partial charge >= 0.3 is 5.97 Å². The lowest BCUT2D eigenvalue weighted by molar-refractivity contribution is -0.386. The summed E-state index contributed by atoms with van der Waals surface area (Å²) in [5, 5.41) is 10.6. The number of hydrogen-bond acceptors (Lipinski definition) is 5. The third-order valence-electron chi connectivity index (χ3n) is 1.73. The van der Waals surface area contributed by atoms with Gasteiger partial charge in [0.2, 0.25) is 0 Å². The van der Waals surface area contributed by atoms with Crippen LogP contribution in [-0.4, -0.2) is 22.5 Å². The molecule has 0 bridgehead atoms. The van der Waals surface area contributed by atoms with Crippen molar-refractivity contribution < 1.29 is 18.8 Å². The summed E-state index contributed by atoms with van der Waals surface area (Å²) in [5.41, 5.74) is -0.627. The normalized spacial score (nSPS) is 9.88. The molecule has 0 saturated carbocycles. The molecule has 1 aromatic rings. The fourth-order valence-electron chi connectivity index (χ4n) is 1.10. The van der Waals surface area contributed by atoms with E-state index in [2.05, 4.69) is 9.72 Å². The number of nitro groups is 1. The number of carbonyl (C=O) groups is 1. The van der Waals surface area contributed by atoms with Crippen LogP contribution in [0.1, 0.15) is 12.6 Å². The van der Waals surface area contributed by atoms with Gasteiger partial charge in [-0.25, -0.2) is 4.39 Å². The number of ether oxygens (including phenoxy) is 1. The average Bonchev–Trinajstić information content (AvgIpc) is 2.20. The average molecular weight is 228 g/mol. The predicted molar refractivity (Wildman–Crippen MR) is 51.2 cm³/mol. The lowest BCUT2D eigenvalue weighted by atomic mass is 10.2. The van der Waals surface area contributed by atoms with E-state index in [9.17, 15) is 19.3 Å². The Labute approximate surface area is 90.2 Å². The van der Waals surface area contributed by atoms with Crippen LogP contribution in [0.3, 0.4) is 0 Å². The van der Waals surface area contributed by atoms with Gasteiger partial charge in [-0.2, -0.15) is 0 Å². The number of nitrogens with zero attached hydrogens (tertiary/aromatic N) is 2. The van der Waals surface area contributed by atoms with E-state index in [1.54, 1.807) is 6.92 Å². The molecule has 1 heterocycles. The SMILES string of the molecule is CCOC(=O)Cc1ncc(F)cc1[N+](=O)[O-]. The summed E-state index contributed by atoms with van der Waals surface area (Å²) in [6.07, 6.45) is 0.478. The molecule has 7 heteroatoms. The summed E-state index contributed by atoms with van der Waals surface area (Å²) in [6, 6.07) is 0.724. The van der Waals surface area contributed by atoms with Gasteiger partial charge < -0.3 is 4.74 Å². The molecule has 0 aromatic carbocycles. The van der Waals surface area contributed by atoms with Gasteiger partial charge in [0.1, 0.15) is 11.5 Å². The molecule has 0 spiro atoms. The quantitative estimate of drug-likeness (QED) is 0.439. The zero-order valence-electron chi connectivity index (χ0n) is 8.47. The highest BCUT2D eigenvalue weighted by molar-refractivity contribution is 5.73. The minimum atomic E-state index is -0.820. The van der Waals surface area contributed by atoms with Crippen molar-refractivity contribution in [1.29, 1.82) is 0 Å². The lowest BCUT2D eigenvalue weighted by Crippen LogP contribution is -2.10. The zero-order valence-corrected chi connectivity index (χ0v) is 8.47. The molecule has 0 saturated heterocycles. The monoisotopic (exact) mass is 228 g/mol. The Bertz CT molecular complexity index is 422. The number of halogens is 1. The second-order valence-electron chi connectivity index (χ2n) is 2.86. The first-order valence-electron chi connectivity index (χ1n) is 4.49. The minimum Gasteiger partial charge on any atom is -0.466 e. The van der Waals surface area contributed by atoms with Crippen LogP contribution >= 0.6 is 0 Å². The lowest BCUT2D eigenvalue weighted by Gasteiger charge is -2.02. The van der Waals surface area contributed by atoms with Crippen LogP contribution in [0.25, 0.3) is 0 Å². The second kappa shape index (κ2) is 5.15. The van der Waals surface area contributed by atoms with Crippen LogP contribution < -0.4 is 0 Å². The number of carbonyl (C=O) groups excluding carboxylic acids is 1. The summed E-state index contributed by atoms with van der Waals surface area (Å²) in [4.78, 5) is 24.4. The van der Waals surface area contributed by atoms with Gasteiger partial charge in [0.05, 0.1) is 30.2 Å². The van der Waals surface area contributed by atoms with Gasteiger partial charge in [0, 0.05) is 0 Å². The van der Waals surface area contributed by atoms with E-state index in [0.717, 1.165) is 12.3 Å². The number of rotatable bonds is 4. The Morgan fingerprint density at radius 1 is 1.69 bits per heavy atom. The summed E-state index contributed by atoms with van der Waals surface area (Å²) in [5.74, 6) is -1.45. The molecule has 1 aromatic heterocycles. The highest BCUT2D eigenvalue weighted by Gasteiger charge is 2.19. The largest absolute Gasteiger partial charge is 0.466 e. The first-order valence-corrected chi connectivity index (χ1v) is 4.49. The molecule has 0 aliphatic carbocycles. The molecule has 0 aliphatic heterocycles. The van der Waals surface area contributed by atoms with Gasteiger partial charge in [0.15, 0.2) is 0 Å². The van der Waals surface area contributed by atoms with Crippen molar-refractivity contribution in [2.45, 2.75) is 13.3 Å². The fourth-order valence-corrected chi connectivity index (χ4v) is 1.10. The number of hydrogen-bond donors (Lipinski definition) is 0. The molecular formula is C9H9FN2O4. The Kier molecular flexibility index (Phi) is 3.87. The van der Waals surface area contributed by atoms with Crippen molar-refractivity contribution >= 4 is 11.7 Å². The molecule has 0 N–H and O–H groups in total. The van der Waals surface area contributed by atoms with Crippen LogP contribution in [0.4, 0.5) is 10.1 Å². The highest BCUT2D eigenvalue weighted by Crippen LogP contribution is 2.17. The molecule has 6 nitrogen and oxygen atoms in total. The van der Waals surface area contributed by atoms with Gasteiger partial charge in [-0.15, -0.1) is 0 Å². The van der Waals surface area contributed by atoms with E-state index in [1.807, 2.05) is 0 Å². The Hall–Kier alpha value is -2.05. The number of pyridine rings is 1. The summed E-state index contributed by atoms with van der Waals surface area (Å²) in [7, 11) is 0. The minimum absolute atomic E-state index is 0.107. The maximum Gasteiger partial charge on any atom is 0.312 e. The van der Waals surface area contributed by atoms with Crippen LogP contribution in [0.15, 0.2) is 12.3 Å². The van der Waals surface area contributed by atoms with Crippen LogP contribution in [-0.2, 0) is 16.0 Å². The van der Waals surface area contributed by atoms with E-state index in [1.165, 1.54) is 0 Å². The zero-order chi connectivity index (χ0) is 12.1. The van der Waals surface area contributed by atoms with Gasteiger partial charge in [-0.3, -0.25) is 19.9 Å². The summed E-state index contributed by atoms with van der Waals surface area (Å²) >= 11 is 0. The van der Waals surface area contributed by atoms with Crippen LogP contribution in [0.5, 0.6) is 0 Å². The van der Waals surface area contributed by atoms with Gasteiger partial charge in [-0.1, -0.05) is 0 Å². The van der Waals surface area contributed by atoms with Crippen molar-refractivity contribution in [3.63, 3.8) is 0 Å². The Balaban J connectivity index is 2.95. The first kappa shape index (κ1) is 12.0. The second-order valence-corrected chi connectivity index (χ2v) is 2.86. The molecule has 0 amide bonds. The molecule has 0 fully saturated rings. The van der Waals surface area contributed by atoms with Crippen molar-refractivity contribution in [2.24, 2.45) is 0 Å². The summed E-state index contributed by atoms with van der Waals surface area (Å²) < 4.78 is 17.3. The first-order chi connectivity index (χ1) is 7.54. The predicted octanol–water partition coefficient (Wildman–Crippen LogP) is 1.23.